The molecule has 1 saturated heterocycles. The van der Waals surface area contributed by atoms with Crippen LogP contribution in [0.2, 0.25) is 0 Å². The Bertz CT molecular complexity index is 1130. The summed E-state index contributed by atoms with van der Waals surface area (Å²) in [4.78, 5) is 27.2. The molecule has 0 atom stereocenters. The van der Waals surface area contributed by atoms with Crippen LogP contribution in [-0.4, -0.2) is 35.9 Å². The number of carbonyl (C=O) groups is 1. The molecule has 1 aliphatic rings. The van der Waals surface area contributed by atoms with E-state index in [1.807, 2.05) is 30.3 Å². The van der Waals surface area contributed by atoms with E-state index in [4.69, 9.17) is 4.74 Å². The SMILES string of the molecule is COc1ccc(-n2nc(N3CCC(C(=O)NCc4ccccc4C)CC3)ccc2=O)cc1. The van der Waals surface area contributed by atoms with Crippen molar-refractivity contribution in [1.29, 1.82) is 0 Å². The second kappa shape index (κ2) is 9.68. The molecule has 166 valence electrons. The molecular formula is C25H28N4O3. The lowest BCUT2D eigenvalue weighted by Crippen LogP contribution is -2.41. The molecule has 2 heterocycles. The van der Waals surface area contributed by atoms with E-state index in [1.165, 1.54) is 16.3 Å². The van der Waals surface area contributed by atoms with Gasteiger partial charge in [-0.25, -0.2) is 0 Å². The van der Waals surface area contributed by atoms with Crippen LogP contribution in [0.3, 0.4) is 0 Å². The van der Waals surface area contributed by atoms with Gasteiger partial charge in [0.15, 0.2) is 0 Å². The fraction of sp³-hybridized carbons (Fsp3) is 0.320. The lowest BCUT2D eigenvalue weighted by atomic mass is 9.95. The molecule has 1 amide bonds. The number of benzene rings is 2. The van der Waals surface area contributed by atoms with Gasteiger partial charge in [-0.2, -0.15) is 4.68 Å². The van der Waals surface area contributed by atoms with Gasteiger partial charge in [-0.15, -0.1) is 5.10 Å². The van der Waals surface area contributed by atoms with E-state index in [-0.39, 0.29) is 17.4 Å². The number of methoxy groups -OCH3 is 1. The van der Waals surface area contributed by atoms with Gasteiger partial charge in [0.1, 0.15) is 11.6 Å². The first kappa shape index (κ1) is 21.6. The minimum absolute atomic E-state index is 0.0113. The lowest BCUT2D eigenvalue weighted by Gasteiger charge is -2.32. The monoisotopic (exact) mass is 432 g/mol. The number of hydrogen-bond donors (Lipinski definition) is 1. The first-order valence-electron chi connectivity index (χ1n) is 10.9. The third kappa shape index (κ3) is 4.82. The van der Waals surface area contributed by atoms with Gasteiger partial charge in [0.05, 0.1) is 12.8 Å². The van der Waals surface area contributed by atoms with E-state index in [9.17, 15) is 9.59 Å². The number of anilines is 1. The zero-order valence-corrected chi connectivity index (χ0v) is 18.5. The number of aromatic nitrogens is 2. The van der Waals surface area contributed by atoms with Crippen molar-refractivity contribution in [3.05, 3.63) is 82.1 Å². The number of ether oxygens (including phenoxy) is 1. The number of carbonyl (C=O) groups excluding carboxylic acids is 1. The number of nitrogens with zero attached hydrogens (tertiary/aromatic N) is 3. The Kier molecular flexibility index (Phi) is 6.54. The molecule has 1 aromatic heterocycles. The summed E-state index contributed by atoms with van der Waals surface area (Å²) >= 11 is 0. The van der Waals surface area contributed by atoms with Gasteiger partial charge in [-0.1, -0.05) is 24.3 Å². The van der Waals surface area contributed by atoms with E-state index >= 15 is 0 Å². The van der Waals surface area contributed by atoms with Crippen LogP contribution < -0.4 is 20.5 Å². The van der Waals surface area contributed by atoms with Crippen LogP contribution in [0, 0.1) is 12.8 Å². The summed E-state index contributed by atoms with van der Waals surface area (Å²) in [6, 6.07) is 18.6. The molecule has 1 fully saturated rings. The Hall–Kier alpha value is -3.61. The lowest BCUT2D eigenvalue weighted by molar-refractivity contribution is -0.125. The van der Waals surface area contributed by atoms with Crippen molar-refractivity contribution >= 4 is 11.7 Å². The summed E-state index contributed by atoms with van der Waals surface area (Å²) in [5, 5.41) is 7.65. The van der Waals surface area contributed by atoms with E-state index in [0.717, 1.165) is 43.1 Å². The van der Waals surface area contributed by atoms with Gasteiger partial charge in [0.2, 0.25) is 5.91 Å². The molecule has 0 saturated carbocycles. The topological polar surface area (TPSA) is 76.5 Å². The highest BCUT2D eigenvalue weighted by molar-refractivity contribution is 5.79. The first-order valence-corrected chi connectivity index (χ1v) is 10.9. The zero-order chi connectivity index (χ0) is 22.5. The normalized spacial score (nSPS) is 14.2. The molecule has 7 nitrogen and oxygen atoms in total. The molecule has 2 aromatic carbocycles. The van der Waals surface area contributed by atoms with Crippen LogP contribution in [0.5, 0.6) is 5.75 Å². The van der Waals surface area contributed by atoms with Crippen LogP contribution in [0.1, 0.15) is 24.0 Å². The van der Waals surface area contributed by atoms with Crippen molar-refractivity contribution < 1.29 is 9.53 Å². The first-order chi connectivity index (χ1) is 15.5. The second-order valence-electron chi connectivity index (χ2n) is 8.05. The fourth-order valence-corrected chi connectivity index (χ4v) is 3.98. The van der Waals surface area contributed by atoms with Gasteiger partial charge < -0.3 is 15.0 Å². The summed E-state index contributed by atoms with van der Waals surface area (Å²) in [6.07, 6.45) is 1.51. The number of nitrogens with one attached hydrogen (secondary N) is 1. The molecule has 0 aliphatic carbocycles. The molecular weight excluding hydrogens is 404 g/mol. The maximum atomic E-state index is 12.7. The molecule has 0 radical (unpaired) electrons. The second-order valence-corrected chi connectivity index (χ2v) is 8.05. The maximum Gasteiger partial charge on any atom is 0.271 e. The Morgan fingerprint density at radius 2 is 1.78 bits per heavy atom. The highest BCUT2D eigenvalue weighted by Gasteiger charge is 2.26. The minimum atomic E-state index is -0.190. The van der Waals surface area contributed by atoms with Crippen molar-refractivity contribution in [2.24, 2.45) is 5.92 Å². The van der Waals surface area contributed by atoms with E-state index < -0.39 is 0 Å². The third-order valence-corrected chi connectivity index (χ3v) is 6.01. The van der Waals surface area contributed by atoms with E-state index in [1.54, 1.807) is 25.3 Å². The molecule has 4 rings (SSSR count). The average Bonchev–Trinajstić information content (AvgIpc) is 2.84. The molecule has 0 spiro atoms. The summed E-state index contributed by atoms with van der Waals surface area (Å²) in [6.45, 7) is 4.05. The number of amides is 1. The van der Waals surface area contributed by atoms with Crippen molar-refractivity contribution in [2.75, 3.05) is 25.1 Å². The summed E-state index contributed by atoms with van der Waals surface area (Å²) in [5.41, 5.74) is 2.82. The number of rotatable bonds is 6. The predicted octanol–water partition coefficient (Wildman–Crippen LogP) is 3.08. The number of piperidine rings is 1. The molecule has 7 heteroatoms. The molecule has 1 N–H and O–H groups in total. The highest BCUT2D eigenvalue weighted by atomic mass is 16.5. The van der Waals surface area contributed by atoms with E-state index in [0.29, 0.717) is 12.2 Å². The van der Waals surface area contributed by atoms with Gasteiger partial charge >= 0.3 is 0 Å². The van der Waals surface area contributed by atoms with Crippen LogP contribution in [0.15, 0.2) is 65.5 Å². The van der Waals surface area contributed by atoms with Crippen molar-refractivity contribution in [3.8, 4) is 11.4 Å². The Balaban J connectivity index is 1.38. The molecule has 0 bridgehead atoms. The fourth-order valence-electron chi connectivity index (χ4n) is 3.98. The molecule has 0 unspecified atom stereocenters. The summed E-state index contributed by atoms with van der Waals surface area (Å²) < 4.78 is 6.58. The molecule has 3 aromatic rings. The smallest absolute Gasteiger partial charge is 0.271 e. The van der Waals surface area contributed by atoms with Crippen LogP contribution in [0.4, 0.5) is 5.82 Å². The van der Waals surface area contributed by atoms with Gasteiger partial charge in [-0.05, 0) is 61.2 Å². The van der Waals surface area contributed by atoms with Crippen molar-refractivity contribution in [1.82, 2.24) is 15.1 Å². The van der Waals surface area contributed by atoms with Crippen molar-refractivity contribution in [2.45, 2.75) is 26.3 Å². The minimum Gasteiger partial charge on any atom is -0.497 e. The quantitative estimate of drug-likeness (QED) is 0.648. The standard InChI is InChI=1S/C25H28N4O3/c1-18-5-3-4-6-20(18)17-26-25(31)19-13-15-28(16-14-19)23-11-12-24(30)29(27-23)21-7-9-22(32-2)10-8-21/h3-12,19H,13-17H2,1-2H3,(H,26,31). The summed E-state index contributed by atoms with van der Waals surface area (Å²) in [7, 11) is 1.60. The van der Waals surface area contributed by atoms with Gasteiger partial charge in [0.25, 0.3) is 5.56 Å². The average molecular weight is 433 g/mol. The Morgan fingerprint density at radius 3 is 2.47 bits per heavy atom. The maximum absolute atomic E-state index is 12.7. The van der Waals surface area contributed by atoms with Gasteiger partial charge in [0, 0.05) is 31.6 Å². The molecule has 32 heavy (non-hydrogen) atoms. The van der Waals surface area contributed by atoms with Crippen molar-refractivity contribution in [3.63, 3.8) is 0 Å². The zero-order valence-electron chi connectivity index (χ0n) is 18.5. The van der Waals surface area contributed by atoms with E-state index in [2.05, 4.69) is 28.3 Å². The number of hydrogen-bond acceptors (Lipinski definition) is 5. The Morgan fingerprint density at radius 1 is 1.06 bits per heavy atom. The van der Waals surface area contributed by atoms with Gasteiger partial charge in [-0.3, -0.25) is 9.59 Å². The predicted molar refractivity (Wildman–Crippen MR) is 124 cm³/mol. The van der Waals surface area contributed by atoms with Crippen LogP contribution in [0.25, 0.3) is 5.69 Å². The van der Waals surface area contributed by atoms with Crippen LogP contribution in [-0.2, 0) is 11.3 Å². The third-order valence-electron chi connectivity index (χ3n) is 6.01. The number of aryl methyl sites for hydroxylation is 1. The largest absolute Gasteiger partial charge is 0.497 e. The highest BCUT2D eigenvalue weighted by Crippen LogP contribution is 2.22. The molecule has 1 aliphatic heterocycles. The Labute approximate surface area is 187 Å². The van der Waals surface area contributed by atoms with Crippen LogP contribution >= 0.6 is 0 Å². The summed E-state index contributed by atoms with van der Waals surface area (Å²) in [5.74, 6) is 1.55.